The number of nitrogens with one attached hydrogen (secondary N) is 1. The highest BCUT2D eigenvalue weighted by Crippen LogP contribution is 2.45. The Labute approximate surface area is 206 Å². The molecule has 0 aromatic heterocycles. The smallest absolute Gasteiger partial charge is 0.336 e. The van der Waals surface area contributed by atoms with Crippen molar-refractivity contribution in [3.05, 3.63) is 52.4 Å². The maximum atomic E-state index is 13.7. The standard InChI is InChI=1S/C27H35NO7/c1-7-33-19-10-8-18(9-11-19)23-22(27(31)35-13-12-34-15(2)3)17(5)28-20-14-16(4)21(26(30)32-6)25(29)24(20)23/h8-11,15-16,21,23,28H,7,12-14H2,1-6H3/t16-,21-,23-/m0/s1. The summed E-state index contributed by atoms with van der Waals surface area (Å²) in [7, 11) is 1.28. The fourth-order valence-electron chi connectivity index (χ4n) is 4.70. The highest BCUT2D eigenvalue weighted by atomic mass is 16.6. The van der Waals surface area contributed by atoms with Crippen LogP contribution in [0.2, 0.25) is 0 Å². The Balaban J connectivity index is 2.03. The summed E-state index contributed by atoms with van der Waals surface area (Å²) in [6, 6.07) is 7.30. The Morgan fingerprint density at radius 2 is 1.83 bits per heavy atom. The molecule has 1 aromatic rings. The van der Waals surface area contributed by atoms with Gasteiger partial charge in [0.1, 0.15) is 18.3 Å². The number of carbonyl (C=O) groups excluding carboxylic acids is 3. The quantitative estimate of drug-likeness (QED) is 0.321. The fourth-order valence-corrected chi connectivity index (χ4v) is 4.70. The molecule has 0 unspecified atom stereocenters. The Morgan fingerprint density at radius 1 is 1.14 bits per heavy atom. The highest BCUT2D eigenvalue weighted by Gasteiger charge is 2.47. The van der Waals surface area contributed by atoms with Gasteiger partial charge < -0.3 is 24.3 Å². The van der Waals surface area contributed by atoms with Gasteiger partial charge in [-0.15, -0.1) is 0 Å². The van der Waals surface area contributed by atoms with E-state index in [1.807, 2.05) is 52.0 Å². The minimum atomic E-state index is -0.930. The van der Waals surface area contributed by atoms with Gasteiger partial charge in [0.25, 0.3) is 0 Å². The van der Waals surface area contributed by atoms with Crippen molar-refractivity contribution in [1.82, 2.24) is 5.32 Å². The molecule has 8 heteroatoms. The van der Waals surface area contributed by atoms with Gasteiger partial charge >= 0.3 is 11.9 Å². The van der Waals surface area contributed by atoms with Crippen LogP contribution in [0.1, 0.15) is 52.5 Å². The monoisotopic (exact) mass is 485 g/mol. The highest BCUT2D eigenvalue weighted by molar-refractivity contribution is 6.12. The van der Waals surface area contributed by atoms with E-state index in [1.54, 1.807) is 6.92 Å². The molecule has 0 saturated heterocycles. The van der Waals surface area contributed by atoms with E-state index in [0.717, 1.165) is 11.3 Å². The maximum Gasteiger partial charge on any atom is 0.336 e. The van der Waals surface area contributed by atoms with Crippen LogP contribution in [0, 0.1) is 11.8 Å². The predicted molar refractivity (Wildman–Crippen MR) is 130 cm³/mol. The molecule has 0 amide bonds. The third-order valence-electron chi connectivity index (χ3n) is 6.26. The van der Waals surface area contributed by atoms with Gasteiger partial charge in [-0.3, -0.25) is 9.59 Å². The topological polar surface area (TPSA) is 100 Å². The molecule has 35 heavy (non-hydrogen) atoms. The number of hydrogen-bond acceptors (Lipinski definition) is 8. The summed E-state index contributed by atoms with van der Waals surface area (Å²) in [6.45, 7) is 10.2. The molecule has 0 fully saturated rings. The van der Waals surface area contributed by atoms with Crippen LogP contribution in [0.25, 0.3) is 0 Å². The number of Topliss-reactive ketones (excluding diaryl/α,β-unsaturated/α-hetero) is 1. The number of carbonyl (C=O) groups is 3. The zero-order valence-electron chi connectivity index (χ0n) is 21.3. The summed E-state index contributed by atoms with van der Waals surface area (Å²) in [5.41, 5.74) is 2.81. The van der Waals surface area contributed by atoms with Gasteiger partial charge in [0.2, 0.25) is 0 Å². The van der Waals surface area contributed by atoms with Crippen molar-refractivity contribution in [2.24, 2.45) is 11.8 Å². The average molecular weight is 486 g/mol. The second-order valence-corrected chi connectivity index (χ2v) is 9.09. The summed E-state index contributed by atoms with van der Waals surface area (Å²) < 4.78 is 21.5. The van der Waals surface area contributed by atoms with E-state index in [4.69, 9.17) is 18.9 Å². The largest absolute Gasteiger partial charge is 0.494 e. The van der Waals surface area contributed by atoms with Crippen LogP contribution >= 0.6 is 0 Å². The number of dihydropyridines is 1. The molecular formula is C27H35NO7. The molecule has 8 nitrogen and oxygen atoms in total. The van der Waals surface area contributed by atoms with Crippen LogP contribution in [0.4, 0.5) is 0 Å². The Kier molecular flexibility index (Phi) is 8.72. The number of hydrogen-bond donors (Lipinski definition) is 1. The number of ketones is 1. The van der Waals surface area contributed by atoms with E-state index < -0.39 is 23.8 Å². The van der Waals surface area contributed by atoms with Gasteiger partial charge in [0, 0.05) is 22.9 Å². The number of benzene rings is 1. The fraction of sp³-hybridized carbons (Fsp3) is 0.519. The Morgan fingerprint density at radius 3 is 2.43 bits per heavy atom. The summed E-state index contributed by atoms with van der Waals surface area (Å²) >= 11 is 0. The molecule has 3 rings (SSSR count). The Hall–Kier alpha value is -3.13. The van der Waals surface area contributed by atoms with Crippen molar-refractivity contribution in [2.75, 3.05) is 26.9 Å². The van der Waals surface area contributed by atoms with Gasteiger partial charge in [-0.25, -0.2) is 4.79 Å². The molecule has 1 aliphatic heterocycles. The molecule has 1 N–H and O–H groups in total. The van der Waals surface area contributed by atoms with Crippen molar-refractivity contribution in [3.8, 4) is 5.75 Å². The van der Waals surface area contributed by atoms with E-state index in [0.29, 0.717) is 35.6 Å². The lowest BCUT2D eigenvalue weighted by Gasteiger charge is -2.38. The van der Waals surface area contributed by atoms with Crippen LogP contribution in [-0.2, 0) is 28.6 Å². The average Bonchev–Trinajstić information content (AvgIpc) is 2.81. The molecule has 0 bridgehead atoms. The molecular weight excluding hydrogens is 450 g/mol. The van der Waals surface area contributed by atoms with Gasteiger partial charge in [0.05, 0.1) is 32.0 Å². The first-order chi connectivity index (χ1) is 16.7. The van der Waals surface area contributed by atoms with E-state index >= 15 is 0 Å². The number of ether oxygens (including phenoxy) is 4. The van der Waals surface area contributed by atoms with Gasteiger partial charge in [0.15, 0.2) is 5.78 Å². The first-order valence-corrected chi connectivity index (χ1v) is 12.0. The van der Waals surface area contributed by atoms with E-state index in [1.165, 1.54) is 7.11 Å². The van der Waals surface area contributed by atoms with Crippen LogP contribution in [0.5, 0.6) is 5.75 Å². The van der Waals surface area contributed by atoms with E-state index in [-0.39, 0.29) is 31.0 Å². The minimum absolute atomic E-state index is 0.0208. The third-order valence-corrected chi connectivity index (χ3v) is 6.26. The lowest BCUT2D eigenvalue weighted by atomic mass is 9.69. The summed E-state index contributed by atoms with van der Waals surface area (Å²) in [4.78, 5) is 39.5. The van der Waals surface area contributed by atoms with Crippen LogP contribution in [-0.4, -0.2) is 50.8 Å². The summed E-state index contributed by atoms with van der Waals surface area (Å²) in [6.07, 6.45) is 0.503. The second kappa shape index (κ2) is 11.5. The van der Waals surface area contributed by atoms with Crippen molar-refractivity contribution >= 4 is 17.7 Å². The number of rotatable bonds is 9. The first kappa shape index (κ1) is 26.5. The predicted octanol–water partition coefficient (Wildman–Crippen LogP) is 3.67. The van der Waals surface area contributed by atoms with Crippen molar-refractivity contribution in [1.29, 1.82) is 0 Å². The van der Waals surface area contributed by atoms with Gasteiger partial charge in [-0.05, 0) is 57.7 Å². The molecule has 1 heterocycles. The minimum Gasteiger partial charge on any atom is -0.494 e. The number of esters is 2. The van der Waals surface area contributed by atoms with Crippen molar-refractivity contribution < 1.29 is 33.3 Å². The van der Waals surface area contributed by atoms with Gasteiger partial charge in [-0.1, -0.05) is 19.1 Å². The maximum absolute atomic E-state index is 13.7. The molecule has 190 valence electrons. The second-order valence-electron chi connectivity index (χ2n) is 9.09. The number of methoxy groups -OCH3 is 1. The van der Waals surface area contributed by atoms with Crippen LogP contribution in [0.15, 0.2) is 46.8 Å². The number of allylic oxidation sites excluding steroid dienone is 3. The zero-order chi connectivity index (χ0) is 25.7. The molecule has 1 aliphatic carbocycles. The van der Waals surface area contributed by atoms with E-state index in [2.05, 4.69) is 5.32 Å². The molecule has 1 aromatic carbocycles. The normalized spacial score (nSPS) is 22.0. The van der Waals surface area contributed by atoms with Crippen LogP contribution in [0.3, 0.4) is 0 Å². The zero-order valence-corrected chi connectivity index (χ0v) is 21.3. The summed E-state index contributed by atoms with van der Waals surface area (Å²) in [5.74, 6) is -2.61. The SMILES string of the molecule is CCOc1ccc([C@H]2C(C(=O)OCCOC(C)C)=C(C)NC3=C2C(=O)[C@@H](C(=O)OC)[C@@H](C)C3)cc1. The third kappa shape index (κ3) is 5.75. The van der Waals surface area contributed by atoms with Crippen LogP contribution < -0.4 is 10.1 Å². The molecule has 0 radical (unpaired) electrons. The molecule has 3 atom stereocenters. The molecule has 2 aliphatic rings. The van der Waals surface area contributed by atoms with Crippen molar-refractivity contribution in [3.63, 3.8) is 0 Å². The van der Waals surface area contributed by atoms with Crippen molar-refractivity contribution in [2.45, 2.75) is 53.1 Å². The molecule has 0 saturated carbocycles. The Bertz CT molecular complexity index is 1020. The van der Waals surface area contributed by atoms with E-state index in [9.17, 15) is 14.4 Å². The van der Waals surface area contributed by atoms with Gasteiger partial charge in [-0.2, -0.15) is 0 Å². The lowest BCUT2D eigenvalue weighted by Crippen LogP contribution is -2.43. The summed E-state index contributed by atoms with van der Waals surface area (Å²) in [5, 5.41) is 3.26. The first-order valence-electron chi connectivity index (χ1n) is 12.0. The lowest BCUT2D eigenvalue weighted by molar-refractivity contribution is -0.151. The molecule has 0 spiro atoms.